The molecular formula is C10H14N4O2. The molecule has 6 nitrogen and oxygen atoms in total. The Morgan fingerprint density at radius 2 is 2.44 bits per heavy atom. The Labute approximate surface area is 93.4 Å². The maximum atomic E-state index is 11.6. The van der Waals surface area contributed by atoms with Gasteiger partial charge in [0.25, 0.3) is 0 Å². The average Bonchev–Trinajstić information content (AvgIpc) is 2.29. The van der Waals surface area contributed by atoms with Crippen LogP contribution < -0.4 is 5.73 Å². The monoisotopic (exact) mass is 222 g/mol. The summed E-state index contributed by atoms with van der Waals surface area (Å²) in [6.07, 6.45) is 2.13. The molecule has 0 fully saturated rings. The Hall–Kier alpha value is -1.69. The van der Waals surface area contributed by atoms with Crippen LogP contribution in [0.2, 0.25) is 0 Å². The normalized spacial score (nSPS) is 14.7. The lowest BCUT2D eigenvalue weighted by molar-refractivity contribution is -0.136. The van der Waals surface area contributed by atoms with Crippen LogP contribution in [0.3, 0.4) is 0 Å². The second kappa shape index (κ2) is 4.44. The average molecular weight is 222 g/mol. The zero-order valence-corrected chi connectivity index (χ0v) is 9.14. The largest absolute Gasteiger partial charge is 0.383 e. The number of carbonyl (C=O) groups excluding carboxylic acids is 1. The van der Waals surface area contributed by atoms with Gasteiger partial charge in [-0.05, 0) is 6.42 Å². The Morgan fingerprint density at radius 1 is 1.62 bits per heavy atom. The zero-order chi connectivity index (χ0) is 11.5. The van der Waals surface area contributed by atoms with E-state index in [9.17, 15) is 4.79 Å². The van der Waals surface area contributed by atoms with Gasteiger partial charge in [0.2, 0.25) is 5.91 Å². The van der Waals surface area contributed by atoms with Crippen molar-refractivity contribution >= 4 is 11.7 Å². The number of hydrogen-bond donors (Lipinski definition) is 1. The van der Waals surface area contributed by atoms with E-state index in [2.05, 4.69) is 9.97 Å². The highest BCUT2D eigenvalue weighted by Gasteiger charge is 2.22. The van der Waals surface area contributed by atoms with Crippen molar-refractivity contribution in [3.63, 3.8) is 0 Å². The summed E-state index contributed by atoms with van der Waals surface area (Å²) in [4.78, 5) is 21.4. The van der Waals surface area contributed by atoms with E-state index in [-0.39, 0.29) is 12.5 Å². The van der Waals surface area contributed by atoms with E-state index in [4.69, 9.17) is 10.5 Å². The quantitative estimate of drug-likeness (QED) is 0.735. The van der Waals surface area contributed by atoms with E-state index in [1.165, 1.54) is 13.4 Å². The molecule has 0 saturated carbocycles. The van der Waals surface area contributed by atoms with Crippen molar-refractivity contribution in [2.45, 2.75) is 13.0 Å². The van der Waals surface area contributed by atoms with Crippen LogP contribution in [0.25, 0.3) is 0 Å². The Balaban J connectivity index is 2.15. The number of methoxy groups -OCH3 is 1. The van der Waals surface area contributed by atoms with Crippen molar-refractivity contribution in [2.24, 2.45) is 0 Å². The molecule has 0 aromatic carbocycles. The summed E-state index contributed by atoms with van der Waals surface area (Å²) in [5.41, 5.74) is 7.54. The Bertz CT molecular complexity index is 408. The van der Waals surface area contributed by atoms with Gasteiger partial charge in [-0.1, -0.05) is 0 Å². The van der Waals surface area contributed by atoms with Gasteiger partial charge < -0.3 is 15.4 Å². The first kappa shape index (κ1) is 10.8. The lowest BCUT2D eigenvalue weighted by atomic mass is 10.1. The molecule has 16 heavy (non-hydrogen) atoms. The molecule has 86 valence electrons. The van der Waals surface area contributed by atoms with Crippen molar-refractivity contribution in [1.82, 2.24) is 14.9 Å². The van der Waals surface area contributed by atoms with E-state index in [1.54, 1.807) is 4.90 Å². The topological polar surface area (TPSA) is 81.3 Å². The first-order chi connectivity index (χ1) is 7.72. The van der Waals surface area contributed by atoms with Crippen LogP contribution in [0.1, 0.15) is 11.3 Å². The standard InChI is InChI=1S/C10H14N4O2/c1-16-5-9(15)14-3-2-7-8(4-14)12-6-13-10(7)11/h6H,2-5H2,1H3,(H2,11,12,13). The molecule has 2 heterocycles. The van der Waals surface area contributed by atoms with Gasteiger partial charge in [-0.3, -0.25) is 4.79 Å². The Morgan fingerprint density at radius 3 is 3.19 bits per heavy atom. The molecule has 6 heteroatoms. The number of aromatic nitrogens is 2. The van der Waals surface area contributed by atoms with Crippen LogP contribution in [0.5, 0.6) is 0 Å². The fourth-order valence-corrected chi connectivity index (χ4v) is 1.81. The van der Waals surface area contributed by atoms with Gasteiger partial charge in [0.15, 0.2) is 0 Å². The van der Waals surface area contributed by atoms with Crippen molar-refractivity contribution in [2.75, 3.05) is 26.0 Å². The molecule has 1 aliphatic heterocycles. The number of nitrogen functional groups attached to an aromatic ring is 1. The highest BCUT2D eigenvalue weighted by Crippen LogP contribution is 2.20. The third-order valence-electron chi connectivity index (χ3n) is 2.66. The lowest BCUT2D eigenvalue weighted by Crippen LogP contribution is -2.38. The summed E-state index contributed by atoms with van der Waals surface area (Å²) in [5, 5.41) is 0. The Kier molecular flexibility index (Phi) is 3.00. The summed E-state index contributed by atoms with van der Waals surface area (Å²) in [6, 6.07) is 0. The number of rotatable bonds is 2. The predicted octanol–water partition coefficient (Wildman–Crippen LogP) is -0.410. The number of nitrogens with zero attached hydrogens (tertiary/aromatic N) is 3. The molecule has 0 aliphatic carbocycles. The van der Waals surface area contributed by atoms with Crippen LogP contribution in [-0.2, 0) is 22.5 Å². The molecule has 0 saturated heterocycles. The molecule has 1 aromatic rings. The van der Waals surface area contributed by atoms with Crippen LogP contribution in [0.4, 0.5) is 5.82 Å². The van der Waals surface area contributed by atoms with Crippen molar-refractivity contribution < 1.29 is 9.53 Å². The third-order valence-corrected chi connectivity index (χ3v) is 2.66. The molecule has 2 rings (SSSR count). The first-order valence-electron chi connectivity index (χ1n) is 5.07. The van der Waals surface area contributed by atoms with Crippen molar-refractivity contribution in [1.29, 1.82) is 0 Å². The molecule has 2 N–H and O–H groups in total. The molecule has 0 bridgehead atoms. The molecular weight excluding hydrogens is 208 g/mol. The zero-order valence-electron chi connectivity index (χ0n) is 9.14. The molecule has 0 spiro atoms. The minimum absolute atomic E-state index is 0.0228. The van der Waals surface area contributed by atoms with E-state index in [0.717, 1.165) is 11.3 Å². The van der Waals surface area contributed by atoms with Crippen LogP contribution in [0.15, 0.2) is 6.33 Å². The predicted molar refractivity (Wildman–Crippen MR) is 57.4 cm³/mol. The first-order valence-corrected chi connectivity index (χ1v) is 5.07. The van der Waals surface area contributed by atoms with E-state index in [0.29, 0.717) is 25.3 Å². The smallest absolute Gasteiger partial charge is 0.248 e. The lowest BCUT2D eigenvalue weighted by Gasteiger charge is -2.28. The second-order valence-electron chi connectivity index (χ2n) is 3.68. The van der Waals surface area contributed by atoms with Crippen LogP contribution in [-0.4, -0.2) is 41.0 Å². The molecule has 1 amide bonds. The highest BCUT2D eigenvalue weighted by atomic mass is 16.5. The fraction of sp³-hybridized carbons (Fsp3) is 0.500. The summed E-state index contributed by atoms with van der Waals surface area (Å²) < 4.78 is 4.82. The van der Waals surface area contributed by atoms with Gasteiger partial charge in [0.05, 0.1) is 12.2 Å². The minimum Gasteiger partial charge on any atom is -0.383 e. The number of hydrogen-bond acceptors (Lipinski definition) is 5. The van der Waals surface area contributed by atoms with Gasteiger partial charge >= 0.3 is 0 Å². The molecule has 1 aliphatic rings. The highest BCUT2D eigenvalue weighted by molar-refractivity contribution is 5.77. The van der Waals surface area contributed by atoms with Crippen molar-refractivity contribution in [3.05, 3.63) is 17.6 Å². The summed E-state index contributed by atoms with van der Waals surface area (Å²) in [5.74, 6) is 0.495. The number of ether oxygens (including phenoxy) is 1. The van der Waals surface area contributed by atoms with Crippen molar-refractivity contribution in [3.8, 4) is 0 Å². The maximum absolute atomic E-state index is 11.6. The SMILES string of the molecule is COCC(=O)N1CCc2c(N)ncnc2C1. The summed E-state index contributed by atoms with van der Waals surface area (Å²) in [6.45, 7) is 1.24. The molecule has 0 atom stereocenters. The van der Waals surface area contributed by atoms with Gasteiger partial charge in [0, 0.05) is 19.2 Å². The number of amides is 1. The van der Waals surface area contributed by atoms with Gasteiger partial charge in [-0.15, -0.1) is 0 Å². The van der Waals surface area contributed by atoms with Gasteiger partial charge in [-0.25, -0.2) is 9.97 Å². The number of fused-ring (bicyclic) bond motifs is 1. The van der Waals surface area contributed by atoms with Gasteiger partial charge in [0.1, 0.15) is 18.8 Å². The minimum atomic E-state index is -0.0228. The number of anilines is 1. The van der Waals surface area contributed by atoms with Crippen LogP contribution >= 0.6 is 0 Å². The summed E-state index contributed by atoms with van der Waals surface area (Å²) in [7, 11) is 1.51. The number of nitrogens with two attached hydrogens (primary N) is 1. The third kappa shape index (κ3) is 1.96. The summed E-state index contributed by atoms with van der Waals surface area (Å²) >= 11 is 0. The van der Waals surface area contributed by atoms with Gasteiger partial charge in [-0.2, -0.15) is 0 Å². The van der Waals surface area contributed by atoms with Crippen LogP contribution in [0, 0.1) is 0 Å². The van der Waals surface area contributed by atoms with E-state index < -0.39 is 0 Å². The molecule has 0 radical (unpaired) electrons. The van der Waals surface area contributed by atoms with E-state index in [1.807, 2.05) is 0 Å². The van der Waals surface area contributed by atoms with E-state index >= 15 is 0 Å². The maximum Gasteiger partial charge on any atom is 0.248 e. The molecule has 1 aromatic heterocycles. The number of carbonyl (C=O) groups is 1. The molecule has 0 unspecified atom stereocenters. The second-order valence-corrected chi connectivity index (χ2v) is 3.68. The fourth-order valence-electron chi connectivity index (χ4n) is 1.81.